The van der Waals surface area contributed by atoms with Crippen LogP contribution in [-0.4, -0.2) is 48.4 Å². The molecule has 2 fully saturated rings. The molecule has 4 atom stereocenters. The number of rotatable bonds is 8. The first-order valence-corrected chi connectivity index (χ1v) is 12.3. The number of carbonyl (C=O) groups is 2. The molecular weight excluding hydrogens is 432 g/mol. The molecule has 34 heavy (non-hydrogen) atoms. The van der Waals surface area contributed by atoms with E-state index in [-0.39, 0.29) is 48.9 Å². The Morgan fingerprint density at radius 1 is 1.09 bits per heavy atom. The molecule has 0 aromatic heterocycles. The summed E-state index contributed by atoms with van der Waals surface area (Å²) in [6.45, 7) is 0.396. The second kappa shape index (κ2) is 10.2. The Morgan fingerprint density at radius 3 is 2.65 bits per heavy atom. The monoisotopic (exact) mass is 464 g/mol. The standard InChI is InChI=1S/C27H32N2O5/c30-16-24-26-22(14-20(33-24)15-25(31)28-12-11-17-5-2-1-3-6-17)21-13-19(9-10-23(21)34-26)29-27(32)18-7-4-8-18/h1-3,5-6,9-10,13,18,20,22,24,26,30H,4,7-8,11-12,14-16H2,(H,28,31)(H,29,32)/t20-,22-,24-,26+/m0/s1. The van der Waals surface area contributed by atoms with E-state index in [1.807, 2.05) is 48.5 Å². The van der Waals surface area contributed by atoms with E-state index in [2.05, 4.69) is 10.6 Å². The fourth-order valence-electron chi connectivity index (χ4n) is 5.15. The van der Waals surface area contributed by atoms with Gasteiger partial charge in [-0.3, -0.25) is 9.59 Å². The van der Waals surface area contributed by atoms with E-state index < -0.39 is 6.10 Å². The molecule has 3 N–H and O–H groups in total. The number of amides is 2. The lowest BCUT2D eigenvalue weighted by Crippen LogP contribution is -2.47. The number of aliphatic hydroxyl groups is 1. The van der Waals surface area contributed by atoms with Crippen molar-refractivity contribution >= 4 is 17.5 Å². The number of anilines is 1. The first-order valence-electron chi connectivity index (χ1n) is 12.3. The second-order valence-electron chi connectivity index (χ2n) is 9.56. The minimum atomic E-state index is -0.499. The lowest BCUT2D eigenvalue weighted by atomic mass is 9.83. The molecule has 7 nitrogen and oxygen atoms in total. The van der Waals surface area contributed by atoms with Gasteiger partial charge in [-0.25, -0.2) is 0 Å². The lowest BCUT2D eigenvalue weighted by Gasteiger charge is -2.37. The molecule has 1 saturated carbocycles. The van der Waals surface area contributed by atoms with Crippen LogP contribution < -0.4 is 15.4 Å². The molecule has 1 saturated heterocycles. The van der Waals surface area contributed by atoms with Gasteiger partial charge in [-0.15, -0.1) is 0 Å². The van der Waals surface area contributed by atoms with Gasteiger partial charge in [0.25, 0.3) is 0 Å². The lowest BCUT2D eigenvalue weighted by molar-refractivity contribution is -0.142. The van der Waals surface area contributed by atoms with Crippen LogP contribution >= 0.6 is 0 Å². The predicted molar refractivity (Wildman–Crippen MR) is 128 cm³/mol. The number of ether oxygens (including phenoxy) is 2. The summed E-state index contributed by atoms with van der Waals surface area (Å²) in [6.07, 6.45) is 3.56. The SMILES string of the molecule is O=C(C[C@@H]1C[C@H]2c3cc(NC(=O)C4CCC4)ccc3O[C@H]2[C@H](CO)O1)NCCc1ccccc1. The van der Waals surface area contributed by atoms with Crippen molar-refractivity contribution in [3.8, 4) is 5.75 Å². The fraction of sp³-hybridized carbons (Fsp3) is 0.481. The van der Waals surface area contributed by atoms with Crippen molar-refractivity contribution in [1.82, 2.24) is 5.32 Å². The third-order valence-corrected chi connectivity index (χ3v) is 7.23. The zero-order valence-electron chi connectivity index (χ0n) is 19.2. The van der Waals surface area contributed by atoms with Crippen molar-refractivity contribution in [3.05, 3.63) is 59.7 Å². The highest BCUT2D eigenvalue weighted by Crippen LogP contribution is 2.47. The van der Waals surface area contributed by atoms with E-state index in [0.29, 0.717) is 13.0 Å². The third kappa shape index (κ3) is 4.95. The largest absolute Gasteiger partial charge is 0.487 e. The average Bonchev–Trinajstić information content (AvgIpc) is 3.16. The summed E-state index contributed by atoms with van der Waals surface area (Å²) in [5.41, 5.74) is 2.95. The second-order valence-corrected chi connectivity index (χ2v) is 9.56. The van der Waals surface area contributed by atoms with Gasteiger partial charge in [0, 0.05) is 29.6 Å². The van der Waals surface area contributed by atoms with Crippen LogP contribution in [0.3, 0.4) is 0 Å². The molecule has 0 unspecified atom stereocenters. The van der Waals surface area contributed by atoms with Gasteiger partial charge in [0.1, 0.15) is 18.0 Å². The summed E-state index contributed by atoms with van der Waals surface area (Å²) in [7, 11) is 0. The highest BCUT2D eigenvalue weighted by atomic mass is 16.6. The summed E-state index contributed by atoms with van der Waals surface area (Å²) in [5.74, 6) is 0.891. The molecule has 5 rings (SSSR count). The molecule has 2 aromatic carbocycles. The summed E-state index contributed by atoms with van der Waals surface area (Å²) >= 11 is 0. The maximum absolute atomic E-state index is 12.6. The Labute approximate surface area is 199 Å². The van der Waals surface area contributed by atoms with E-state index >= 15 is 0 Å². The molecule has 2 aliphatic heterocycles. The van der Waals surface area contributed by atoms with Crippen molar-refractivity contribution in [1.29, 1.82) is 0 Å². The number of benzene rings is 2. The van der Waals surface area contributed by atoms with Crippen LogP contribution in [0.4, 0.5) is 5.69 Å². The average molecular weight is 465 g/mol. The van der Waals surface area contributed by atoms with Crippen LogP contribution in [0.1, 0.15) is 49.1 Å². The Hall–Kier alpha value is -2.90. The molecule has 0 radical (unpaired) electrons. The van der Waals surface area contributed by atoms with Crippen LogP contribution in [0.2, 0.25) is 0 Å². The fourth-order valence-corrected chi connectivity index (χ4v) is 5.15. The Morgan fingerprint density at radius 2 is 1.91 bits per heavy atom. The van der Waals surface area contributed by atoms with Crippen molar-refractivity contribution < 1.29 is 24.2 Å². The summed E-state index contributed by atoms with van der Waals surface area (Å²) in [6, 6.07) is 15.8. The Kier molecular flexibility index (Phi) is 6.83. The quantitative estimate of drug-likeness (QED) is 0.558. The Bertz CT molecular complexity index is 1020. The van der Waals surface area contributed by atoms with Crippen molar-refractivity contribution in [3.63, 3.8) is 0 Å². The predicted octanol–water partition coefficient (Wildman–Crippen LogP) is 3.17. The van der Waals surface area contributed by atoms with E-state index in [1.54, 1.807) is 0 Å². The molecule has 0 bridgehead atoms. The van der Waals surface area contributed by atoms with Crippen LogP contribution in [0.15, 0.2) is 48.5 Å². The number of nitrogens with one attached hydrogen (secondary N) is 2. The molecule has 7 heteroatoms. The first-order chi connectivity index (χ1) is 16.6. The van der Waals surface area contributed by atoms with Gasteiger partial charge in [0.2, 0.25) is 11.8 Å². The first kappa shape index (κ1) is 22.9. The number of hydrogen-bond donors (Lipinski definition) is 3. The van der Waals surface area contributed by atoms with Gasteiger partial charge in [-0.1, -0.05) is 36.8 Å². The topological polar surface area (TPSA) is 96.9 Å². The summed E-state index contributed by atoms with van der Waals surface area (Å²) in [5, 5.41) is 16.0. The van der Waals surface area contributed by atoms with E-state index in [0.717, 1.165) is 42.7 Å². The van der Waals surface area contributed by atoms with Gasteiger partial charge >= 0.3 is 0 Å². The normalized spacial score (nSPS) is 25.4. The summed E-state index contributed by atoms with van der Waals surface area (Å²) in [4.78, 5) is 25.0. The minimum Gasteiger partial charge on any atom is -0.487 e. The zero-order valence-corrected chi connectivity index (χ0v) is 19.2. The van der Waals surface area contributed by atoms with Gasteiger partial charge in [0.15, 0.2) is 0 Å². The smallest absolute Gasteiger partial charge is 0.227 e. The van der Waals surface area contributed by atoms with Crippen LogP contribution in [0.25, 0.3) is 0 Å². The van der Waals surface area contributed by atoms with Gasteiger partial charge < -0.3 is 25.2 Å². The molecule has 2 heterocycles. The van der Waals surface area contributed by atoms with Gasteiger partial charge in [-0.2, -0.15) is 0 Å². The highest BCUT2D eigenvalue weighted by Gasteiger charge is 2.46. The maximum Gasteiger partial charge on any atom is 0.227 e. The van der Waals surface area contributed by atoms with Crippen molar-refractivity contribution in [2.24, 2.45) is 5.92 Å². The molecule has 0 spiro atoms. The van der Waals surface area contributed by atoms with E-state index in [9.17, 15) is 14.7 Å². The van der Waals surface area contributed by atoms with E-state index in [4.69, 9.17) is 9.47 Å². The number of hydrogen-bond acceptors (Lipinski definition) is 5. The maximum atomic E-state index is 12.6. The minimum absolute atomic E-state index is 0.00331. The number of carbonyl (C=O) groups excluding carboxylic acids is 2. The van der Waals surface area contributed by atoms with Crippen molar-refractivity contribution in [2.75, 3.05) is 18.5 Å². The molecule has 180 valence electrons. The van der Waals surface area contributed by atoms with Gasteiger partial charge in [0.05, 0.1) is 19.1 Å². The molecular formula is C27H32N2O5. The number of fused-ring (bicyclic) bond motifs is 3. The highest BCUT2D eigenvalue weighted by molar-refractivity contribution is 5.93. The molecule has 2 aromatic rings. The zero-order chi connectivity index (χ0) is 23.5. The number of aliphatic hydroxyl groups excluding tert-OH is 1. The Balaban J connectivity index is 1.21. The molecule has 3 aliphatic rings. The third-order valence-electron chi connectivity index (χ3n) is 7.23. The van der Waals surface area contributed by atoms with Crippen LogP contribution in [-0.2, 0) is 20.7 Å². The van der Waals surface area contributed by atoms with E-state index in [1.165, 1.54) is 5.56 Å². The van der Waals surface area contributed by atoms with Crippen molar-refractivity contribution in [2.45, 2.75) is 62.8 Å². The van der Waals surface area contributed by atoms with Crippen LogP contribution in [0, 0.1) is 5.92 Å². The molecule has 1 aliphatic carbocycles. The van der Waals surface area contributed by atoms with Crippen LogP contribution in [0.5, 0.6) is 5.75 Å². The van der Waals surface area contributed by atoms with Gasteiger partial charge in [-0.05, 0) is 49.4 Å². The summed E-state index contributed by atoms with van der Waals surface area (Å²) < 4.78 is 12.2. The molecule has 2 amide bonds.